The molecule has 3 heterocycles. The number of hydrogen-bond donors (Lipinski definition) is 1. The molecule has 3 aromatic rings. The van der Waals surface area contributed by atoms with Gasteiger partial charge in [0.15, 0.2) is 4.96 Å². The number of carbonyl (C=O) groups is 1. The zero-order chi connectivity index (χ0) is 10.4. The molecule has 15 heavy (non-hydrogen) atoms. The van der Waals surface area contributed by atoms with Crippen LogP contribution < -0.4 is 5.73 Å². The SMILES string of the molecule is NC(=O)c1ncc2c(n1)sc1nccn12. The van der Waals surface area contributed by atoms with E-state index in [9.17, 15) is 4.79 Å². The van der Waals surface area contributed by atoms with Crippen molar-refractivity contribution in [1.82, 2.24) is 19.4 Å². The molecule has 0 aliphatic carbocycles. The normalized spacial score (nSPS) is 11.2. The zero-order valence-corrected chi connectivity index (χ0v) is 8.23. The quantitative estimate of drug-likeness (QED) is 0.643. The van der Waals surface area contributed by atoms with E-state index in [0.717, 1.165) is 10.5 Å². The van der Waals surface area contributed by atoms with Gasteiger partial charge in [-0.25, -0.2) is 15.0 Å². The fourth-order valence-electron chi connectivity index (χ4n) is 1.35. The maximum Gasteiger partial charge on any atom is 0.286 e. The lowest BCUT2D eigenvalue weighted by molar-refractivity contribution is 0.0991. The molecule has 3 aromatic heterocycles. The van der Waals surface area contributed by atoms with Gasteiger partial charge in [0, 0.05) is 12.4 Å². The Labute approximate surface area is 87.4 Å². The summed E-state index contributed by atoms with van der Waals surface area (Å²) < 4.78 is 1.87. The van der Waals surface area contributed by atoms with Crippen LogP contribution in [0.2, 0.25) is 0 Å². The number of imidazole rings is 1. The van der Waals surface area contributed by atoms with Gasteiger partial charge in [0.2, 0.25) is 5.82 Å². The molecular formula is C8H5N5OS. The van der Waals surface area contributed by atoms with E-state index in [1.54, 1.807) is 12.4 Å². The highest BCUT2D eigenvalue weighted by molar-refractivity contribution is 7.23. The second kappa shape index (κ2) is 2.74. The Morgan fingerprint density at radius 1 is 1.47 bits per heavy atom. The van der Waals surface area contributed by atoms with E-state index in [0.29, 0.717) is 4.83 Å². The predicted molar refractivity (Wildman–Crippen MR) is 54.7 cm³/mol. The van der Waals surface area contributed by atoms with Crippen molar-refractivity contribution in [1.29, 1.82) is 0 Å². The highest BCUT2D eigenvalue weighted by Gasteiger charge is 2.10. The number of rotatable bonds is 1. The largest absolute Gasteiger partial charge is 0.363 e. The second-order valence-corrected chi connectivity index (χ2v) is 3.89. The molecule has 0 spiro atoms. The van der Waals surface area contributed by atoms with Gasteiger partial charge in [-0.2, -0.15) is 0 Å². The first kappa shape index (κ1) is 8.30. The van der Waals surface area contributed by atoms with Gasteiger partial charge in [-0.1, -0.05) is 11.3 Å². The summed E-state index contributed by atoms with van der Waals surface area (Å²) in [6.45, 7) is 0. The van der Waals surface area contributed by atoms with Crippen LogP contribution in [-0.2, 0) is 0 Å². The molecule has 0 aromatic carbocycles. The fraction of sp³-hybridized carbons (Fsp3) is 0. The van der Waals surface area contributed by atoms with Crippen LogP contribution in [0.5, 0.6) is 0 Å². The van der Waals surface area contributed by atoms with Crippen LogP contribution in [-0.4, -0.2) is 25.3 Å². The summed E-state index contributed by atoms with van der Waals surface area (Å²) >= 11 is 1.39. The van der Waals surface area contributed by atoms with E-state index in [2.05, 4.69) is 15.0 Å². The van der Waals surface area contributed by atoms with Crippen molar-refractivity contribution in [3.63, 3.8) is 0 Å². The highest BCUT2D eigenvalue weighted by atomic mass is 32.1. The van der Waals surface area contributed by atoms with Crippen molar-refractivity contribution in [3.8, 4) is 0 Å². The Kier molecular flexibility index (Phi) is 1.51. The standard InChI is InChI=1S/C8H5N5OS/c9-5(14)6-11-3-4-7(12-6)15-8-10-1-2-13(4)8/h1-3H,(H2,9,14). The van der Waals surface area contributed by atoms with Gasteiger partial charge in [0.05, 0.1) is 6.20 Å². The average Bonchev–Trinajstić information content (AvgIpc) is 2.75. The smallest absolute Gasteiger partial charge is 0.286 e. The predicted octanol–water partition coefficient (Wildman–Crippen LogP) is 0.438. The summed E-state index contributed by atoms with van der Waals surface area (Å²) in [5, 5.41) is 0. The first-order valence-corrected chi connectivity index (χ1v) is 4.96. The lowest BCUT2D eigenvalue weighted by Gasteiger charge is -1.93. The van der Waals surface area contributed by atoms with E-state index in [-0.39, 0.29) is 5.82 Å². The van der Waals surface area contributed by atoms with E-state index in [1.807, 2.05) is 10.6 Å². The van der Waals surface area contributed by atoms with Gasteiger partial charge >= 0.3 is 0 Å². The lowest BCUT2D eigenvalue weighted by Crippen LogP contribution is -2.14. The molecule has 0 aliphatic heterocycles. The van der Waals surface area contributed by atoms with Gasteiger partial charge in [-0.05, 0) is 0 Å². The molecule has 0 saturated carbocycles. The van der Waals surface area contributed by atoms with Gasteiger partial charge in [0.1, 0.15) is 10.3 Å². The fourth-order valence-corrected chi connectivity index (χ4v) is 2.29. The van der Waals surface area contributed by atoms with Crippen molar-refractivity contribution in [3.05, 3.63) is 24.4 Å². The molecule has 3 rings (SSSR count). The number of fused-ring (bicyclic) bond motifs is 3. The Balaban J connectivity index is 2.40. The number of nitrogens with zero attached hydrogens (tertiary/aromatic N) is 4. The van der Waals surface area contributed by atoms with Gasteiger partial charge in [-0.15, -0.1) is 0 Å². The molecule has 7 heteroatoms. The summed E-state index contributed by atoms with van der Waals surface area (Å²) in [5.41, 5.74) is 5.92. The van der Waals surface area contributed by atoms with E-state index < -0.39 is 5.91 Å². The molecule has 0 bridgehead atoms. The van der Waals surface area contributed by atoms with Crippen LogP contribution in [0, 0.1) is 0 Å². The second-order valence-electron chi connectivity index (χ2n) is 2.93. The summed E-state index contributed by atoms with van der Waals surface area (Å²) in [7, 11) is 0. The van der Waals surface area contributed by atoms with Crippen LogP contribution in [0.4, 0.5) is 0 Å². The Bertz CT molecular complexity index is 670. The Morgan fingerprint density at radius 2 is 2.33 bits per heavy atom. The maximum absolute atomic E-state index is 10.9. The van der Waals surface area contributed by atoms with Crippen molar-refractivity contribution < 1.29 is 4.79 Å². The molecule has 0 saturated heterocycles. The van der Waals surface area contributed by atoms with Crippen molar-refractivity contribution in [2.75, 3.05) is 0 Å². The Hall–Kier alpha value is -2.02. The number of primary amides is 1. The Morgan fingerprint density at radius 3 is 3.13 bits per heavy atom. The molecule has 6 nitrogen and oxygen atoms in total. The molecule has 0 radical (unpaired) electrons. The van der Waals surface area contributed by atoms with Gasteiger partial charge < -0.3 is 5.73 Å². The van der Waals surface area contributed by atoms with Crippen LogP contribution >= 0.6 is 11.3 Å². The van der Waals surface area contributed by atoms with E-state index in [4.69, 9.17) is 5.73 Å². The number of hydrogen-bond acceptors (Lipinski definition) is 5. The summed E-state index contributed by atoms with van der Waals surface area (Å²) in [6.07, 6.45) is 5.10. The number of aromatic nitrogens is 4. The van der Waals surface area contributed by atoms with Crippen LogP contribution in [0.25, 0.3) is 15.3 Å². The maximum atomic E-state index is 10.9. The molecule has 0 aliphatic rings. The van der Waals surface area contributed by atoms with Gasteiger partial charge in [-0.3, -0.25) is 9.20 Å². The van der Waals surface area contributed by atoms with Crippen molar-refractivity contribution >= 4 is 32.6 Å². The first-order chi connectivity index (χ1) is 7.25. The molecule has 0 atom stereocenters. The molecule has 0 unspecified atom stereocenters. The molecular weight excluding hydrogens is 214 g/mol. The number of amides is 1. The lowest BCUT2D eigenvalue weighted by atomic mass is 10.5. The molecule has 1 amide bonds. The molecule has 0 fully saturated rings. The van der Waals surface area contributed by atoms with Crippen molar-refractivity contribution in [2.45, 2.75) is 0 Å². The topological polar surface area (TPSA) is 86.2 Å². The third kappa shape index (κ3) is 1.10. The average molecular weight is 219 g/mol. The third-order valence-electron chi connectivity index (χ3n) is 2.01. The van der Waals surface area contributed by atoms with E-state index in [1.165, 1.54) is 11.3 Å². The minimum Gasteiger partial charge on any atom is -0.363 e. The number of carbonyl (C=O) groups excluding carboxylic acids is 1. The van der Waals surface area contributed by atoms with E-state index >= 15 is 0 Å². The molecule has 2 N–H and O–H groups in total. The third-order valence-corrected chi connectivity index (χ3v) is 2.99. The van der Waals surface area contributed by atoms with Crippen LogP contribution in [0.15, 0.2) is 18.6 Å². The van der Waals surface area contributed by atoms with Gasteiger partial charge in [0.25, 0.3) is 5.91 Å². The monoisotopic (exact) mass is 219 g/mol. The minimum atomic E-state index is -0.622. The summed E-state index contributed by atoms with van der Waals surface area (Å²) in [6, 6.07) is 0. The first-order valence-electron chi connectivity index (χ1n) is 4.14. The minimum absolute atomic E-state index is 0.0343. The molecule has 74 valence electrons. The summed E-state index contributed by atoms with van der Waals surface area (Å²) in [4.78, 5) is 24.5. The highest BCUT2D eigenvalue weighted by Crippen LogP contribution is 2.22. The zero-order valence-electron chi connectivity index (χ0n) is 7.41. The summed E-state index contributed by atoms with van der Waals surface area (Å²) in [5.74, 6) is -0.588. The van der Waals surface area contributed by atoms with Crippen LogP contribution in [0.1, 0.15) is 10.6 Å². The number of thiazole rings is 1. The van der Waals surface area contributed by atoms with Crippen molar-refractivity contribution in [2.24, 2.45) is 5.73 Å². The number of nitrogens with two attached hydrogens (primary N) is 1. The van der Waals surface area contributed by atoms with Crippen LogP contribution in [0.3, 0.4) is 0 Å².